The van der Waals surface area contributed by atoms with Gasteiger partial charge in [-0.2, -0.15) is 13.2 Å². The van der Waals surface area contributed by atoms with Gasteiger partial charge in [-0.3, -0.25) is 4.90 Å². The molecule has 90 valence electrons. The molecule has 0 aliphatic carbocycles. The van der Waals surface area contributed by atoms with Gasteiger partial charge in [0.05, 0.1) is 6.54 Å². The lowest BCUT2D eigenvalue weighted by molar-refractivity contribution is -0.124. The zero-order valence-corrected chi connectivity index (χ0v) is 8.98. The summed E-state index contributed by atoms with van der Waals surface area (Å²) in [5.41, 5.74) is 0. The molecule has 0 aromatic rings. The van der Waals surface area contributed by atoms with E-state index in [0.717, 1.165) is 26.2 Å². The van der Waals surface area contributed by atoms with Crippen LogP contribution >= 0.6 is 0 Å². The highest BCUT2D eigenvalue weighted by molar-refractivity contribution is 4.70. The first-order valence-corrected chi connectivity index (χ1v) is 5.16. The molecule has 0 amide bonds. The highest BCUT2D eigenvalue weighted by Crippen LogP contribution is 2.11. The number of halogens is 3. The molecule has 15 heavy (non-hydrogen) atoms. The molecule has 0 spiro atoms. The zero-order chi connectivity index (χ0) is 11.3. The van der Waals surface area contributed by atoms with Crippen LogP contribution in [0.4, 0.5) is 13.2 Å². The average molecular weight is 225 g/mol. The van der Waals surface area contributed by atoms with E-state index in [9.17, 15) is 13.2 Å². The lowest BCUT2D eigenvalue weighted by atomic mass is 10.3. The fraction of sp³-hybridized carbons (Fsp3) is 1.00. The second-order valence-corrected chi connectivity index (χ2v) is 3.94. The zero-order valence-electron chi connectivity index (χ0n) is 8.98. The van der Waals surface area contributed by atoms with Crippen molar-refractivity contribution in [3.63, 3.8) is 0 Å². The summed E-state index contributed by atoms with van der Waals surface area (Å²) in [6.45, 7) is 4.11. The van der Waals surface area contributed by atoms with Crippen LogP contribution in [0.2, 0.25) is 0 Å². The average Bonchev–Trinajstić information content (AvgIpc) is 2.14. The predicted octanol–water partition coefficient (Wildman–Crippen LogP) is 0.386. The van der Waals surface area contributed by atoms with Crippen molar-refractivity contribution in [2.75, 3.05) is 52.9 Å². The summed E-state index contributed by atoms with van der Waals surface area (Å²) >= 11 is 0. The summed E-state index contributed by atoms with van der Waals surface area (Å²) < 4.78 is 35.4. The Kier molecular flexibility index (Phi) is 4.82. The third-order valence-electron chi connectivity index (χ3n) is 2.53. The second-order valence-electron chi connectivity index (χ2n) is 3.94. The highest BCUT2D eigenvalue weighted by atomic mass is 19.4. The summed E-state index contributed by atoms with van der Waals surface area (Å²) in [5, 5.41) is 2.40. The lowest BCUT2D eigenvalue weighted by Gasteiger charge is -2.32. The van der Waals surface area contributed by atoms with Crippen molar-refractivity contribution < 1.29 is 13.2 Å². The SMILES string of the molecule is CN1CCN(CCNCC(F)(F)F)CC1. The molecule has 1 heterocycles. The van der Waals surface area contributed by atoms with E-state index in [1.165, 1.54) is 0 Å². The van der Waals surface area contributed by atoms with E-state index in [1.807, 2.05) is 0 Å². The van der Waals surface area contributed by atoms with E-state index in [4.69, 9.17) is 0 Å². The number of hydrogen-bond acceptors (Lipinski definition) is 3. The van der Waals surface area contributed by atoms with E-state index in [-0.39, 0.29) is 0 Å². The molecular formula is C9H18F3N3. The maximum absolute atomic E-state index is 11.8. The second kappa shape index (κ2) is 5.67. The van der Waals surface area contributed by atoms with Gasteiger partial charge in [-0.25, -0.2) is 0 Å². The first-order valence-electron chi connectivity index (χ1n) is 5.16. The number of hydrogen-bond donors (Lipinski definition) is 1. The molecule has 0 bridgehead atoms. The molecule has 3 nitrogen and oxygen atoms in total. The molecule has 0 aromatic carbocycles. The minimum Gasteiger partial charge on any atom is -0.307 e. The third kappa shape index (κ3) is 5.96. The van der Waals surface area contributed by atoms with E-state index in [2.05, 4.69) is 22.2 Å². The molecule has 0 aromatic heterocycles. The van der Waals surface area contributed by atoms with Gasteiger partial charge in [-0.1, -0.05) is 0 Å². The van der Waals surface area contributed by atoms with Gasteiger partial charge in [-0.15, -0.1) is 0 Å². The molecule has 1 rings (SSSR count). The lowest BCUT2D eigenvalue weighted by Crippen LogP contribution is -2.47. The Morgan fingerprint density at radius 2 is 1.73 bits per heavy atom. The van der Waals surface area contributed by atoms with Crippen LogP contribution < -0.4 is 5.32 Å². The predicted molar refractivity (Wildman–Crippen MR) is 52.9 cm³/mol. The molecule has 1 aliphatic rings. The largest absolute Gasteiger partial charge is 0.401 e. The van der Waals surface area contributed by atoms with Crippen molar-refractivity contribution in [1.82, 2.24) is 15.1 Å². The van der Waals surface area contributed by atoms with E-state index in [1.54, 1.807) is 0 Å². The molecule has 1 fully saturated rings. The first-order chi connectivity index (χ1) is 6.97. The third-order valence-corrected chi connectivity index (χ3v) is 2.53. The molecule has 1 N–H and O–H groups in total. The monoisotopic (exact) mass is 225 g/mol. The molecule has 0 saturated carbocycles. The Balaban J connectivity index is 2.01. The maximum Gasteiger partial charge on any atom is 0.401 e. The molecular weight excluding hydrogens is 207 g/mol. The Bertz CT molecular complexity index is 176. The van der Waals surface area contributed by atoms with E-state index < -0.39 is 12.7 Å². The highest BCUT2D eigenvalue weighted by Gasteiger charge is 2.26. The van der Waals surface area contributed by atoms with Crippen LogP contribution in [0.15, 0.2) is 0 Å². The van der Waals surface area contributed by atoms with E-state index >= 15 is 0 Å². The van der Waals surface area contributed by atoms with Gasteiger partial charge in [0.1, 0.15) is 0 Å². The fourth-order valence-corrected chi connectivity index (χ4v) is 1.54. The molecule has 6 heteroatoms. The maximum atomic E-state index is 11.8. The van der Waals surface area contributed by atoms with Gasteiger partial charge in [0.15, 0.2) is 0 Å². The van der Waals surface area contributed by atoms with Gasteiger partial charge in [-0.05, 0) is 7.05 Å². The van der Waals surface area contributed by atoms with Gasteiger partial charge < -0.3 is 10.2 Å². The van der Waals surface area contributed by atoms with Crippen LogP contribution in [-0.2, 0) is 0 Å². The standard InChI is InChI=1S/C9H18F3N3/c1-14-4-6-15(7-5-14)3-2-13-8-9(10,11)12/h13H,2-8H2,1H3. The van der Waals surface area contributed by atoms with Crippen LogP contribution in [0.5, 0.6) is 0 Å². The molecule has 1 aliphatic heterocycles. The van der Waals surface area contributed by atoms with Crippen LogP contribution in [0.1, 0.15) is 0 Å². The van der Waals surface area contributed by atoms with Gasteiger partial charge >= 0.3 is 6.18 Å². The number of piperazine rings is 1. The van der Waals surface area contributed by atoms with E-state index in [0.29, 0.717) is 13.1 Å². The fourth-order valence-electron chi connectivity index (χ4n) is 1.54. The Hall–Kier alpha value is -0.330. The van der Waals surface area contributed by atoms with Crippen molar-refractivity contribution in [1.29, 1.82) is 0 Å². The number of likely N-dealkylation sites (N-methyl/N-ethyl adjacent to an activating group) is 1. The number of rotatable bonds is 4. The van der Waals surface area contributed by atoms with Crippen LogP contribution in [-0.4, -0.2) is 68.8 Å². The summed E-state index contributed by atoms with van der Waals surface area (Å²) in [6.07, 6.45) is -4.10. The van der Waals surface area contributed by atoms with Crippen LogP contribution in [0, 0.1) is 0 Å². The Labute approximate surface area is 88.2 Å². The van der Waals surface area contributed by atoms with Gasteiger partial charge in [0.2, 0.25) is 0 Å². The number of nitrogens with zero attached hydrogens (tertiary/aromatic N) is 2. The van der Waals surface area contributed by atoms with Crippen molar-refractivity contribution >= 4 is 0 Å². The van der Waals surface area contributed by atoms with Crippen LogP contribution in [0.25, 0.3) is 0 Å². The minimum absolute atomic E-state index is 0.406. The smallest absolute Gasteiger partial charge is 0.307 e. The topological polar surface area (TPSA) is 18.5 Å². The Morgan fingerprint density at radius 3 is 2.27 bits per heavy atom. The summed E-state index contributed by atoms with van der Waals surface area (Å²) in [7, 11) is 2.05. The first kappa shape index (κ1) is 12.7. The van der Waals surface area contributed by atoms with Crippen molar-refractivity contribution in [3.8, 4) is 0 Å². The van der Waals surface area contributed by atoms with Crippen molar-refractivity contribution in [2.24, 2.45) is 0 Å². The Morgan fingerprint density at radius 1 is 1.13 bits per heavy atom. The number of alkyl halides is 3. The van der Waals surface area contributed by atoms with Gasteiger partial charge in [0.25, 0.3) is 0 Å². The van der Waals surface area contributed by atoms with Crippen molar-refractivity contribution in [3.05, 3.63) is 0 Å². The molecule has 0 atom stereocenters. The summed E-state index contributed by atoms with van der Waals surface area (Å²) in [5.74, 6) is 0. The summed E-state index contributed by atoms with van der Waals surface area (Å²) in [6, 6.07) is 0. The molecule has 0 unspecified atom stereocenters. The molecule has 1 saturated heterocycles. The normalized spacial score (nSPS) is 20.8. The molecule has 0 radical (unpaired) electrons. The number of nitrogens with one attached hydrogen (secondary N) is 1. The van der Waals surface area contributed by atoms with Gasteiger partial charge in [0, 0.05) is 39.3 Å². The summed E-state index contributed by atoms with van der Waals surface area (Å²) in [4.78, 5) is 4.41. The van der Waals surface area contributed by atoms with Crippen LogP contribution in [0.3, 0.4) is 0 Å². The quantitative estimate of drug-likeness (QED) is 0.698. The van der Waals surface area contributed by atoms with Crippen molar-refractivity contribution in [2.45, 2.75) is 6.18 Å². The minimum atomic E-state index is -4.10.